The van der Waals surface area contributed by atoms with Crippen LogP contribution in [0.15, 0.2) is 84.6 Å². The van der Waals surface area contributed by atoms with Crippen LogP contribution >= 0.6 is 0 Å². The number of fused-ring (bicyclic) bond motifs is 2. The lowest BCUT2D eigenvalue weighted by Gasteiger charge is -2.59. The van der Waals surface area contributed by atoms with Gasteiger partial charge in [0.1, 0.15) is 24.1 Å². The SMILES string of the molecule is C=CCCOC(=O)N(C)[C@H]1CC(=NOCc2ccc([N+](=O)[O-])cc2)C2=C[C@H](CCCCO)[C@@H](CCCCO)[C@@H]3c4cc(O)ccc4O[C@@]1(OCC=C)[C@H]23. The Morgan fingerprint density at radius 1 is 1.09 bits per heavy atom. The molecule has 1 heterocycles. The van der Waals surface area contributed by atoms with Gasteiger partial charge in [0.2, 0.25) is 5.79 Å². The molecule has 13 heteroatoms. The van der Waals surface area contributed by atoms with Gasteiger partial charge in [0.15, 0.2) is 0 Å². The Morgan fingerprint density at radius 3 is 2.51 bits per heavy atom. The van der Waals surface area contributed by atoms with Crippen molar-refractivity contribution in [2.24, 2.45) is 22.9 Å². The number of aliphatic hydroxyl groups is 2. The molecule has 0 aromatic heterocycles. The zero-order valence-electron chi connectivity index (χ0n) is 30.3. The number of aromatic hydroxyl groups is 1. The van der Waals surface area contributed by atoms with Crippen LogP contribution in [0, 0.1) is 27.9 Å². The van der Waals surface area contributed by atoms with Crippen molar-refractivity contribution in [1.82, 2.24) is 4.90 Å². The van der Waals surface area contributed by atoms with Gasteiger partial charge in [-0.1, -0.05) is 36.2 Å². The Labute approximate surface area is 310 Å². The molecule has 13 nitrogen and oxygen atoms in total. The van der Waals surface area contributed by atoms with E-state index in [1.54, 1.807) is 49.5 Å². The number of benzene rings is 2. The number of rotatable bonds is 19. The monoisotopic (exact) mass is 733 g/mol. The molecule has 5 rings (SSSR count). The summed E-state index contributed by atoms with van der Waals surface area (Å²) in [5.41, 5.74) is 2.89. The third-order valence-corrected chi connectivity index (χ3v) is 10.5. The van der Waals surface area contributed by atoms with Crippen LogP contribution in [0.5, 0.6) is 11.5 Å². The molecule has 0 saturated heterocycles. The molecule has 2 aromatic rings. The van der Waals surface area contributed by atoms with Crippen LogP contribution in [-0.2, 0) is 20.9 Å². The summed E-state index contributed by atoms with van der Waals surface area (Å²) in [5.74, 6) is -1.59. The summed E-state index contributed by atoms with van der Waals surface area (Å²) in [4.78, 5) is 31.9. The second-order valence-electron chi connectivity index (χ2n) is 13.8. The minimum Gasteiger partial charge on any atom is -0.508 e. The van der Waals surface area contributed by atoms with E-state index in [9.17, 15) is 30.2 Å². The number of unbranched alkanes of at least 4 members (excludes halogenated alkanes) is 2. The summed E-state index contributed by atoms with van der Waals surface area (Å²) >= 11 is 0. The predicted molar refractivity (Wildman–Crippen MR) is 198 cm³/mol. The van der Waals surface area contributed by atoms with Crippen LogP contribution in [0.3, 0.4) is 0 Å². The highest BCUT2D eigenvalue weighted by atomic mass is 16.7. The number of oxime groups is 1. The largest absolute Gasteiger partial charge is 0.508 e. The van der Waals surface area contributed by atoms with Gasteiger partial charge in [0.25, 0.3) is 5.69 Å². The standard InChI is InChI=1S/C40H51N3O10/c1-4-6-22-50-39(47)42(3)36-25-34(41-52-26-27-13-15-29(16-14-27)43(48)49)32-23-28(11-7-9-19-44)31(12-8-10-20-45)37-33-24-30(46)17-18-35(33)53-40(36,38(32)37)51-21-5-2/h4-5,13-18,23-24,28,31,36-38,44-46H,1-2,6-12,19-22,25-26H2,3H3/t28-,31+,36-,37+,38+,40+/m0/s1. The molecule has 2 aromatic carbocycles. The van der Waals surface area contributed by atoms with Crippen molar-refractivity contribution in [2.75, 3.05) is 33.5 Å². The van der Waals surface area contributed by atoms with E-state index in [-0.39, 0.29) is 68.6 Å². The molecule has 53 heavy (non-hydrogen) atoms. The van der Waals surface area contributed by atoms with E-state index in [1.807, 2.05) is 0 Å². The Hall–Kier alpha value is -4.72. The van der Waals surface area contributed by atoms with Gasteiger partial charge in [-0.05, 0) is 85.4 Å². The first-order chi connectivity index (χ1) is 25.7. The molecule has 3 aliphatic rings. The number of nitro benzene ring substituents is 1. The van der Waals surface area contributed by atoms with Crippen molar-refractivity contribution >= 4 is 17.5 Å². The topological polar surface area (TPSA) is 173 Å². The van der Waals surface area contributed by atoms with Crippen LogP contribution in [0.4, 0.5) is 10.5 Å². The zero-order valence-corrected chi connectivity index (χ0v) is 30.3. The molecule has 2 aliphatic carbocycles. The first-order valence-electron chi connectivity index (χ1n) is 18.3. The van der Waals surface area contributed by atoms with Crippen LogP contribution in [0.25, 0.3) is 0 Å². The predicted octanol–water partition coefficient (Wildman–Crippen LogP) is 6.78. The lowest BCUT2D eigenvalue weighted by molar-refractivity contribution is -0.384. The van der Waals surface area contributed by atoms with Crippen molar-refractivity contribution in [3.63, 3.8) is 0 Å². The van der Waals surface area contributed by atoms with E-state index in [1.165, 1.54) is 17.0 Å². The number of hydrogen-bond acceptors (Lipinski definition) is 11. The summed E-state index contributed by atoms with van der Waals surface area (Å²) < 4.78 is 19.4. The number of phenols is 1. The minimum atomic E-state index is -1.44. The molecule has 6 atom stereocenters. The van der Waals surface area contributed by atoms with Gasteiger partial charge in [-0.25, -0.2) is 4.79 Å². The van der Waals surface area contributed by atoms with Gasteiger partial charge in [0, 0.05) is 50.3 Å². The fourth-order valence-corrected chi connectivity index (χ4v) is 8.09. The third-order valence-electron chi connectivity index (χ3n) is 10.5. The number of ether oxygens (including phenoxy) is 3. The number of non-ortho nitro benzene ring substituents is 1. The first kappa shape index (κ1) is 39.5. The molecule has 3 N–H and O–H groups in total. The number of carbonyl (C=O) groups is 1. The van der Waals surface area contributed by atoms with Crippen molar-refractivity contribution < 1.29 is 44.1 Å². The Balaban J connectivity index is 1.68. The smallest absolute Gasteiger partial charge is 0.409 e. The fourth-order valence-electron chi connectivity index (χ4n) is 8.09. The molecule has 0 bridgehead atoms. The molecular weight excluding hydrogens is 682 g/mol. The highest BCUT2D eigenvalue weighted by Gasteiger charge is 2.65. The maximum absolute atomic E-state index is 13.7. The zero-order chi connectivity index (χ0) is 38.0. The van der Waals surface area contributed by atoms with E-state index >= 15 is 0 Å². The van der Waals surface area contributed by atoms with Gasteiger partial charge in [-0.2, -0.15) is 0 Å². The summed E-state index contributed by atoms with van der Waals surface area (Å²) in [6.07, 6.45) is 9.95. The molecule has 1 amide bonds. The number of amides is 1. The fraction of sp³-hybridized carbons (Fsp3) is 0.500. The van der Waals surface area contributed by atoms with Crippen LogP contribution in [0.2, 0.25) is 0 Å². The molecule has 0 spiro atoms. The van der Waals surface area contributed by atoms with Gasteiger partial charge < -0.3 is 39.3 Å². The molecular formula is C40H51N3O10. The second-order valence-corrected chi connectivity index (χ2v) is 13.8. The van der Waals surface area contributed by atoms with E-state index in [4.69, 9.17) is 24.2 Å². The second kappa shape index (κ2) is 18.4. The Bertz CT molecular complexity index is 1660. The number of nitrogens with zero attached hydrogens (tertiary/aromatic N) is 3. The minimum absolute atomic E-state index is 0.0102. The molecule has 1 aliphatic heterocycles. The van der Waals surface area contributed by atoms with E-state index in [0.29, 0.717) is 36.3 Å². The molecule has 1 fully saturated rings. The molecule has 1 saturated carbocycles. The van der Waals surface area contributed by atoms with Crippen molar-refractivity contribution in [1.29, 1.82) is 0 Å². The van der Waals surface area contributed by atoms with Gasteiger partial charge >= 0.3 is 6.09 Å². The number of nitro groups is 1. The summed E-state index contributed by atoms with van der Waals surface area (Å²) in [6.45, 7) is 8.07. The van der Waals surface area contributed by atoms with Gasteiger partial charge in [0.05, 0.1) is 29.8 Å². The van der Waals surface area contributed by atoms with Gasteiger partial charge in [-0.15, -0.1) is 13.2 Å². The molecule has 0 radical (unpaired) electrons. The summed E-state index contributed by atoms with van der Waals surface area (Å²) in [5, 5.41) is 46.2. The van der Waals surface area contributed by atoms with E-state index in [0.717, 1.165) is 36.8 Å². The normalized spacial score (nSPS) is 24.9. The Morgan fingerprint density at radius 2 is 1.83 bits per heavy atom. The number of carbonyl (C=O) groups excluding carboxylic acids is 1. The third kappa shape index (κ3) is 8.75. The van der Waals surface area contributed by atoms with Crippen molar-refractivity contribution in [3.05, 3.63) is 101 Å². The maximum atomic E-state index is 13.7. The molecule has 286 valence electrons. The molecule has 0 unspecified atom stereocenters. The number of hydrogen-bond donors (Lipinski definition) is 3. The van der Waals surface area contributed by atoms with E-state index in [2.05, 4.69) is 19.2 Å². The summed E-state index contributed by atoms with van der Waals surface area (Å²) in [6, 6.07) is 10.3. The summed E-state index contributed by atoms with van der Waals surface area (Å²) in [7, 11) is 1.65. The lowest BCUT2D eigenvalue weighted by atomic mass is 9.55. The van der Waals surface area contributed by atoms with Crippen molar-refractivity contribution in [2.45, 2.75) is 75.7 Å². The maximum Gasteiger partial charge on any atom is 0.409 e. The van der Waals surface area contributed by atoms with E-state index < -0.39 is 28.8 Å². The highest BCUT2D eigenvalue weighted by molar-refractivity contribution is 6.02. The van der Waals surface area contributed by atoms with Crippen LogP contribution < -0.4 is 4.74 Å². The Kier molecular flexibility index (Phi) is 13.7. The van der Waals surface area contributed by atoms with Gasteiger partial charge in [-0.3, -0.25) is 10.1 Å². The quantitative estimate of drug-likeness (QED) is 0.0605. The highest BCUT2D eigenvalue weighted by Crippen LogP contribution is 2.61. The van der Waals surface area contributed by atoms with Crippen LogP contribution in [0.1, 0.15) is 68.4 Å². The average molecular weight is 734 g/mol. The van der Waals surface area contributed by atoms with Crippen molar-refractivity contribution in [3.8, 4) is 11.5 Å². The number of likely N-dealkylation sites (N-methyl/N-ethyl adjacent to an activating group) is 1. The number of phenolic OH excluding ortho intramolecular Hbond substituents is 1. The average Bonchev–Trinajstić information content (AvgIpc) is 3.15. The number of allylic oxidation sites excluding steroid dienone is 1. The first-order valence-corrected chi connectivity index (χ1v) is 18.3. The number of aliphatic hydroxyl groups excluding tert-OH is 2. The lowest BCUT2D eigenvalue weighted by Crippen LogP contribution is -2.69. The van der Waals surface area contributed by atoms with Crippen LogP contribution in [-0.4, -0.2) is 82.3 Å².